The van der Waals surface area contributed by atoms with E-state index in [-0.39, 0.29) is 12.5 Å². The zero-order chi connectivity index (χ0) is 21.6. The Morgan fingerprint density at radius 3 is 2.77 bits per heavy atom. The van der Waals surface area contributed by atoms with E-state index in [0.717, 1.165) is 53.3 Å². The van der Waals surface area contributed by atoms with Gasteiger partial charge in [0.2, 0.25) is 0 Å². The van der Waals surface area contributed by atoms with Gasteiger partial charge in [-0.1, -0.05) is 23.8 Å². The second kappa shape index (κ2) is 9.70. The van der Waals surface area contributed by atoms with Gasteiger partial charge in [0, 0.05) is 12.1 Å². The number of piperidine rings is 1. The quantitative estimate of drug-likeness (QED) is 0.469. The molecule has 162 valence electrons. The molecule has 0 bridgehead atoms. The van der Waals surface area contributed by atoms with E-state index in [0.29, 0.717) is 0 Å². The topological polar surface area (TPSA) is 84.6 Å². The second-order valence-corrected chi connectivity index (χ2v) is 7.83. The Labute approximate surface area is 181 Å². The molecule has 1 fully saturated rings. The van der Waals surface area contributed by atoms with Gasteiger partial charge in [0.15, 0.2) is 0 Å². The van der Waals surface area contributed by atoms with Gasteiger partial charge in [0.1, 0.15) is 17.8 Å². The van der Waals surface area contributed by atoms with Crippen LogP contribution < -0.4 is 10.2 Å². The summed E-state index contributed by atoms with van der Waals surface area (Å²) in [6.07, 6.45) is 3.80. The van der Waals surface area contributed by atoms with Crippen LogP contribution in [0.15, 0.2) is 47.6 Å². The number of hydrazone groups is 1. The van der Waals surface area contributed by atoms with Crippen molar-refractivity contribution in [1.82, 2.24) is 25.3 Å². The summed E-state index contributed by atoms with van der Waals surface area (Å²) in [4.78, 5) is 14.8. The number of hydrogen-bond acceptors (Lipinski definition) is 6. The first kappa shape index (κ1) is 21.0. The highest BCUT2D eigenvalue weighted by Crippen LogP contribution is 2.23. The number of nitrogens with one attached hydrogen (secondary N) is 1. The van der Waals surface area contributed by atoms with Gasteiger partial charge < -0.3 is 4.74 Å². The summed E-state index contributed by atoms with van der Waals surface area (Å²) < 4.78 is 7.13. The van der Waals surface area contributed by atoms with Gasteiger partial charge in [0.05, 0.1) is 18.3 Å². The molecular formula is C23H28N6O2. The minimum Gasteiger partial charge on any atom is -0.496 e. The molecule has 0 unspecified atom stereocenters. The number of fused-ring (bicyclic) bond motifs is 1. The number of methoxy groups -OCH3 is 1. The summed E-state index contributed by atoms with van der Waals surface area (Å²) >= 11 is 0. The first-order valence-electron chi connectivity index (χ1n) is 10.6. The molecule has 8 nitrogen and oxygen atoms in total. The molecule has 1 amide bonds. The number of amides is 1. The van der Waals surface area contributed by atoms with E-state index in [1.54, 1.807) is 11.8 Å². The van der Waals surface area contributed by atoms with E-state index >= 15 is 0 Å². The maximum Gasteiger partial charge on any atom is 0.261 e. The summed E-state index contributed by atoms with van der Waals surface area (Å²) in [7, 11) is 1.70. The number of aromatic nitrogens is 3. The molecule has 3 aromatic rings. The lowest BCUT2D eigenvalue weighted by Gasteiger charge is -2.27. The molecule has 0 spiro atoms. The van der Waals surface area contributed by atoms with E-state index in [9.17, 15) is 4.79 Å². The smallest absolute Gasteiger partial charge is 0.261 e. The van der Waals surface area contributed by atoms with Crippen molar-refractivity contribution in [2.75, 3.05) is 20.2 Å². The van der Waals surface area contributed by atoms with Gasteiger partial charge in [0.25, 0.3) is 5.91 Å². The standard InChI is InChI=1S/C23H28N6O2/c1-17(24-26-23(30)16-29-21-9-5-4-8-20(21)25-27-29)18-10-11-22(31-2)19(14-18)15-28-12-6-3-7-13-28/h4-5,8-11,14H,3,6-7,12-13,15-16H2,1-2H3,(H,26,30)/b24-17-. The van der Waals surface area contributed by atoms with Gasteiger partial charge >= 0.3 is 0 Å². The van der Waals surface area contributed by atoms with Crippen LogP contribution in [0, 0.1) is 0 Å². The fourth-order valence-electron chi connectivity index (χ4n) is 3.90. The molecule has 0 aliphatic carbocycles. The lowest BCUT2D eigenvalue weighted by molar-refractivity contribution is -0.121. The monoisotopic (exact) mass is 420 g/mol. The lowest BCUT2D eigenvalue weighted by Crippen LogP contribution is -2.29. The zero-order valence-corrected chi connectivity index (χ0v) is 18.0. The Kier molecular flexibility index (Phi) is 6.57. The maximum atomic E-state index is 12.4. The van der Waals surface area contributed by atoms with Crippen LogP contribution in [0.5, 0.6) is 5.75 Å². The van der Waals surface area contributed by atoms with Crippen LogP contribution in [0.1, 0.15) is 37.3 Å². The Hall–Kier alpha value is -3.26. The molecule has 1 aliphatic rings. The van der Waals surface area contributed by atoms with Crippen LogP contribution in [-0.4, -0.2) is 51.7 Å². The van der Waals surface area contributed by atoms with E-state index in [1.807, 2.05) is 43.3 Å². The summed E-state index contributed by atoms with van der Waals surface area (Å²) in [6, 6.07) is 13.6. The highest BCUT2D eigenvalue weighted by molar-refractivity contribution is 5.99. The molecule has 1 aromatic heterocycles. The molecule has 1 aliphatic heterocycles. The van der Waals surface area contributed by atoms with Gasteiger partial charge in [-0.15, -0.1) is 5.10 Å². The van der Waals surface area contributed by atoms with Crippen LogP contribution in [0.2, 0.25) is 0 Å². The molecule has 1 N–H and O–H groups in total. The Morgan fingerprint density at radius 2 is 1.97 bits per heavy atom. The number of ether oxygens (including phenoxy) is 1. The molecule has 31 heavy (non-hydrogen) atoms. The molecule has 2 aromatic carbocycles. The predicted octanol–water partition coefficient (Wildman–Crippen LogP) is 2.97. The van der Waals surface area contributed by atoms with Crippen LogP contribution >= 0.6 is 0 Å². The summed E-state index contributed by atoms with van der Waals surface area (Å²) in [5.41, 5.74) is 7.04. The lowest BCUT2D eigenvalue weighted by atomic mass is 10.0. The highest BCUT2D eigenvalue weighted by Gasteiger charge is 2.14. The van der Waals surface area contributed by atoms with Crippen LogP contribution in [0.3, 0.4) is 0 Å². The van der Waals surface area contributed by atoms with Crippen molar-refractivity contribution in [2.24, 2.45) is 5.10 Å². The number of benzene rings is 2. The number of hydrogen-bond donors (Lipinski definition) is 1. The van der Waals surface area contributed by atoms with Gasteiger partial charge in [-0.05, 0) is 68.8 Å². The number of carbonyl (C=O) groups excluding carboxylic acids is 1. The minimum absolute atomic E-state index is 0.0557. The third kappa shape index (κ3) is 5.08. The van der Waals surface area contributed by atoms with E-state index in [2.05, 4.69) is 31.8 Å². The Morgan fingerprint density at radius 1 is 1.16 bits per heavy atom. The van der Waals surface area contributed by atoms with Gasteiger partial charge in [-0.2, -0.15) is 5.10 Å². The third-order valence-corrected chi connectivity index (χ3v) is 5.60. The predicted molar refractivity (Wildman–Crippen MR) is 120 cm³/mol. The SMILES string of the molecule is COc1ccc(/C(C)=N\NC(=O)Cn2nnc3ccccc32)cc1CN1CCCCC1. The largest absolute Gasteiger partial charge is 0.496 e. The van der Waals surface area contributed by atoms with E-state index in [1.165, 1.54) is 19.3 Å². The van der Waals surface area contributed by atoms with E-state index in [4.69, 9.17) is 4.74 Å². The molecular weight excluding hydrogens is 392 g/mol. The van der Waals surface area contributed by atoms with Crippen molar-refractivity contribution in [3.63, 3.8) is 0 Å². The Bertz CT molecular complexity index is 1080. The molecule has 0 saturated carbocycles. The fourth-order valence-corrected chi connectivity index (χ4v) is 3.90. The number of likely N-dealkylation sites (tertiary alicyclic amines) is 1. The summed E-state index contributed by atoms with van der Waals surface area (Å²) in [5.74, 6) is 0.626. The zero-order valence-electron chi connectivity index (χ0n) is 18.0. The normalized spacial score (nSPS) is 15.2. The average molecular weight is 421 g/mol. The molecule has 2 heterocycles. The molecule has 0 radical (unpaired) electrons. The van der Waals surface area contributed by atoms with Crippen molar-refractivity contribution >= 4 is 22.7 Å². The van der Waals surface area contributed by atoms with Crippen molar-refractivity contribution < 1.29 is 9.53 Å². The second-order valence-electron chi connectivity index (χ2n) is 7.83. The first-order chi connectivity index (χ1) is 15.1. The summed E-state index contributed by atoms with van der Waals surface area (Å²) in [6.45, 7) is 5.04. The number of para-hydroxylation sites is 1. The van der Waals surface area contributed by atoms with Crippen LogP contribution in [0.25, 0.3) is 11.0 Å². The van der Waals surface area contributed by atoms with E-state index < -0.39 is 0 Å². The van der Waals surface area contributed by atoms with Gasteiger partial charge in [-0.3, -0.25) is 9.69 Å². The van der Waals surface area contributed by atoms with Gasteiger partial charge in [-0.25, -0.2) is 10.1 Å². The number of nitrogens with zero attached hydrogens (tertiary/aromatic N) is 5. The maximum absolute atomic E-state index is 12.4. The third-order valence-electron chi connectivity index (χ3n) is 5.60. The molecule has 4 rings (SSSR count). The van der Waals surface area contributed by atoms with Crippen molar-refractivity contribution in [3.8, 4) is 5.75 Å². The van der Waals surface area contributed by atoms with Crippen molar-refractivity contribution in [1.29, 1.82) is 0 Å². The molecule has 8 heteroatoms. The Balaban J connectivity index is 1.43. The number of rotatable bonds is 7. The van der Waals surface area contributed by atoms with Crippen LogP contribution in [-0.2, 0) is 17.9 Å². The average Bonchev–Trinajstić information content (AvgIpc) is 3.21. The summed E-state index contributed by atoms with van der Waals surface area (Å²) in [5, 5.41) is 12.4. The molecule has 0 atom stereocenters. The number of carbonyl (C=O) groups is 1. The minimum atomic E-state index is -0.253. The van der Waals surface area contributed by atoms with Crippen LogP contribution in [0.4, 0.5) is 0 Å². The van der Waals surface area contributed by atoms with Crippen molar-refractivity contribution in [2.45, 2.75) is 39.3 Å². The fraction of sp³-hybridized carbons (Fsp3) is 0.391. The first-order valence-corrected chi connectivity index (χ1v) is 10.6. The highest BCUT2D eigenvalue weighted by atomic mass is 16.5. The van der Waals surface area contributed by atoms with Crippen molar-refractivity contribution in [3.05, 3.63) is 53.6 Å². The molecule has 1 saturated heterocycles.